The van der Waals surface area contributed by atoms with Crippen molar-refractivity contribution in [1.29, 1.82) is 0 Å². The first kappa shape index (κ1) is 52.2. The second-order valence-electron chi connectivity index (χ2n) is 14.8. The lowest BCUT2D eigenvalue weighted by atomic mass is 10.1. The normalized spacial score (nSPS) is 13.9. The Hall–Kier alpha value is -3.75. The molecule has 0 fully saturated rings. The van der Waals surface area contributed by atoms with Crippen molar-refractivity contribution in [3.63, 3.8) is 0 Å². The van der Waals surface area contributed by atoms with E-state index < -0.39 is 18.1 Å². The Morgan fingerprint density at radius 1 is 0.536 bits per heavy atom. The maximum atomic E-state index is 12.7. The van der Waals surface area contributed by atoms with E-state index in [4.69, 9.17) is 14.2 Å². The van der Waals surface area contributed by atoms with Gasteiger partial charge in [-0.15, -0.1) is 0 Å². The molecular formula is C48H77NO7. The van der Waals surface area contributed by atoms with Gasteiger partial charge in [-0.3, -0.25) is 9.59 Å². The second-order valence-corrected chi connectivity index (χ2v) is 14.8. The third-order valence-electron chi connectivity index (χ3n) is 8.72. The zero-order valence-electron chi connectivity index (χ0n) is 35.8. The van der Waals surface area contributed by atoms with Crippen LogP contribution in [-0.4, -0.2) is 75.5 Å². The molecule has 0 aromatic heterocycles. The Labute approximate surface area is 341 Å². The van der Waals surface area contributed by atoms with Gasteiger partial charge in [0.15, 0.2) is 6.10 Å². The summed E-state index contributed by atoms with van der Waals surface area (Å²) >= 11 is 0. The van der Waals surface area contributed by atoms with E-state index in [0.717, 1.165) is 96.3 Å². The van der Waals surface area contributed by atoms with Gasteiger partial charge in [-0.2, -0.15) is 0 Å². The van der Waals surface area contributed by atoms with Crippen LogP contribution in [0.3, 0.4) is 0 Å². The van der Waals surface area contributed by atoms with E-state index >= 15 is 0 Å². The zero-order valence-corrected chi connectivity index (χ0v) is 35.8. The molecule has 2 unspecified atom stereocenters. The number of aliphatic carboxylic acids is 1. The summed E-state index contributed by atoms with van der Waals surface area (Å²) in [6.45, 7) is 4.33. The van der Waals surface area contributed by atoms with Gasteiger partial charge in [0.25, 0.3) is 0 Å². The molecule has 0 saturated heterocycles. The molecule has 0 spiro atoms. The highest BCUT2D eigenvalue weighted by molar-refractivity contribution is 5.70. The van der Waals surface area contributed by atoms with E-state index in [1.165, 1.54) is 0 Å². The van der Waals surface area contributed by atoms with Gasteiger partial charge in [-0.1, -0.05) is 124 Å². The summed E-state index contributed by atoms with van der Waals surface area (Å²) in [5, 5.41) is 11.6. The fourth-order valence-corrected chi connectivity index (χ4v) is 5.46. The largest absolute Gasteiger partial charge is 0.544 e. The predicted molar refractivity (Wildman–Crippen MR) is 231 cm³/mol. The highest BCUT2D eigenvalue weighted by Crippen LogP contribution is 2.11. The van der Waals surface area contributed by atoms with Crippen LogP contribution >= 0.6 is 0 Å². The van der Waals surface area contributed by atoms with Crippen molar-refractivity contribution in [3.8, 4) is 0 Å². The van der Waals surface area contributed by atoms with Gasteiger partial charge in [0.2, 0.25) is 0 Å². The van der Waals surface area contributed by atoms with E-state index in [2.05, 4.69) is 111 Å². The van der Waals surface area contributed by atoms with Crippen molar-refractivity contribution in [2.75, 3.05) is 41.0 Å². The number of likely N-dealkylation sites (N-methyl/N-ethyl adjacent to an activating group) is 1. The predicted octanol–water partition coefficient (Wildman–Crippen LogP) is 10.2. The Morgan fingerprint density at radius 2 is 0.946 bits per heavy atom. The van der Waals surface area contributed by atoms with Crippen molar-refractivity contribution in [2.24, 2.45) is 0 Å². The minimum Gasteiger partial charge on any atom is -0.544 e. The summed E-state index contributed by atoms with van der Waals surface area (Å²) in [7, 11) is 5.37. The lowest BCUT2D eigenvalue weighted by Gasteiger charge is -2.34. The standard InChI is InChI=1S/C48H77NO7/c1-6-8-10-12-14-16-18-20-21-22-23-24-25-27-29-31-33-35-37-39-47(51)56-44(42-54-41-40-45(48(52)53)49(3,4)5)43-55-46(50)38-36-34-32-30-28-26-19-17-15-13-11-9-7-2/h8-11,14-17,20-21,23-24,26-29,44-45H,6-7,12-13,18-19,22,25,30-43H2,1-5H3/b10-8-,11-9-,16-14-,17-15-,21-20-,24-23-,28-26-,29-27-. The number of allylic oxidation sites excluding steroid dienone is 16. The molecule has 0 aliphatic heterocycles. The Balaban J connectivity index is 4.49. The summed E-state index contributed by atoms with van der Waals surface area (Å²) in [6, 6.07) is -0.742. The highest BCUT2D eigenvalue weighted by atomic mass is 16.6. The smallest absolute Gasteiger partial charge is 0.306 e. The molecule has 2 atom stereocenters. The summed E-state index contributed by atoms with van der Waals surface area (Å²) in [5.74, 6) is -1.83. The number of unbranched alkanes of at least 4 members (excludes halogenated alkanes) is 6. The van der Waals surface area contributed by atoms with Gasteiger partial charge in [-0.25, -0.2) is 0 Å². The maximum Gasteiger partial charge on any atom is 0.306 e. The number of ether oxygens (including phenoxy) is 3. The molecule has 0 aromatic carbocycles. The van der Waals surface area contributed by atoms with E-state index in [9.17, 15) is 19.5 Å². The molecule has 0 aliphatic rings. The van der Waals surface area contributed by atoms with Crippen LogP contribution in [0, 0.1) is 0 Å². The van der Waals surface area contributed by atoms with Crippen LogP contribution in [0.2, 0.25) is 0 Å². The van der Waals surface area contributed by atoms with Crippen molar-refractivity contribution >= 4 is 17.9 Å². The number of esters is 2. The van der Waals surface area contributed by atoms with Gasteiger partial charge >= 0.3 is 11.9 Å². The number of hydrogen-bond acceptors (Lipinski definition) is 7. The Kier molecular flexibility index (Phi) is 35.6. The number of hydrogen-bond donors (Lipinski definition) is 0. The summed E-state index contributed by atoms with van der Waals surface area (Å²) in [5.41, 5.74) is 0. The second kappa shape index (κ2) is 38.1. The molecule has 316 valence electrons. The average Bonchev–Trinajstić information content (AvgIpc) is 3.15. The molecule has 0 radical (unpaired) electrons. The molecular weight excluding hydrogens is 703 g/mol. The van der Waals surface area contributed by atoms with E-state index in [1.807, 2.05) is 0 Å². The van der Waals surface area contributed by atoms with E-state index in [-0.39, 0.29) is 49.1 Å². The number of nitrogens with zero attached hydrogens (tertiary/aromatic N) is 1. The maximum absolute atomic E-state index is 12.7. The SMILES string of the molecule is CC/C=C\C/C=C\C/C=C\C/C=C\C/C=C\CCCCCC(=O)OC(COCCC(C(=O)[O-])[N+](C)(C)C)COC(=O)CCCCC/C=C\C/C=C\C/C=C\CC. The molecule has 0 bridgehead atoms. The number of carbonyl (C=O) groups is 3. The third kappa shape index (κ3) is 35.9. The van der Waals surface area contributed by atoms with Crippen molar-refractivity contribution in [2.45, 2.75) is 148 Å². The topological polar surface area (TPSA) is 102 Å². The lowest BCUT2D eigenvalue weighted by Crippen LogP contribution is -2.55. The summed E-state index contributed by atoms with van der Waals surface area (Å²) in [4.78, 5) is 36.8. The summed E-state index contributed by atoms with van der Waals surface area (Å²) < 4.78 is 17.1. The molecule has 8 heteroatoms. The minimum atomic E-state index is -1.14. The van der Waals surface area contributed by atoms with Gasteiger partial charge in [0, 0.05) is 19.3 Å². The van der Waals surface area contributed by atoms with Crippen LogP contribution in [0.4, 0.5) is 0 Å². The van der Waals surface area contributed by atoms with Crippen LogP contribution in [0.25, 0.3) is 0 Å². The molecule has 0 aromatic rings. The van der Waals surface area contributed by atoms with E-state index in [1.54, 1.807) is 21.1 Å². The molecule has 0 aliphatic carbocycles. The van der Waals surface area contributed by atoms with Crippen LogP contribution in [0.5, 0.6) is 0 Å². The number of carboxylic acid groups (broad SMARTS) is 1. The monoisotopic (exact) mass is 780 g/mol. The fourth-order valence-electron chi connectivity index (χ4n) is 5.46. The number of carbonyl (C=O) groups excluding carboxylic acids is 3. The molecule has 0 amide bonds. The van der Waals surface area contributed by atoms with Crippen molar-refractivity contribution in [3.05, 3.63) is 97.2 Å². The van der Waals surface area contributed by atoms with Crippen molar-refractivity contribution < 1.29 is 38.2 Å². The lowest BCUT2D eigenvalue weighted by molar-refractivity contribution is -0.889. The number of quaternary nitrogens is 1. The molecule has 0 saturated carbocycles. The van der Waals surface area contributed by atoms with Crippen molar-refractivity contribution in [1.82, 2.24) is 0 Å². The van der Waals surface area contributed by atoms with Gasteiger partial charge < -0.3 is 28.6 Å². The summed E-state index contributed by atoms with van der Waals surface area (Å²) in [6.07, 6.45) is 50.1. The van der Waals surface area contributed by atoms with Crippen LogP contribution in [-0.2, 0) is 28.6 Å². The Bertz CT molecular complexity index is 1230. The molecule has 0 heterocycles. The molecule has 8 nitrogen and oxygen atoms in total. The molecule has 0 rings (SSSR count). The minimum absolute atomic E-state index is 0.0109. The van der Waals surface area contributed by atoms with Gasteiger partial charge in [0.1, 0.15) is 12.6 Å². The van der Waals surface area contributed by atoms with Crippen LogP contribution < -0.4 is 5.11 Å². The number of carboxylic acids is 1. The first-order valence-corrected chi connectivity index (χ1v) is 21.3. The van der Waals surface area contributed by atoms with Gasteiger partial charge in [0.05, 0.1) is 40.3 Å². The van der Waals surface area contributed by atoms with E-state index in [0.29, 0.717) is 12.8 Å². The molecule has 56 heavy (non-hydrogen) atoms. The first-order chi connectivity index (χ1) is 27.1. The Morgan fingerprint density at radius 3 is 1.36 bits per heavy atom. The number of rotatable bonds is 36. The van der Waals surface area contributed by atoms with Crippen LogP contribution in [0.1, 0.15) is 136 Å². The first-order valence-electron chi connectivity index (χ1n) is 21.3. The zero-order chi connectivity index (χ0) is 41.4. The third-order valence-corrected chi connectivity index (χ3v) is 8.72. The average molecular weight is 780 g/mol. The highest BCUT2D eigenvalue weighted by Gasteiger charge is 2.25. The molecule has 0 N–H and O–H groups in total. The quantitative estimate of drug-likeness (QED) is 0.0270. The fraction of sp³-hybridized carbons (Fsp3) is 0.604. The van der Waals surface area contributed by atoms with Crippen LogP contribution in [0.15, 0.2) is 97.2 Å². The van der Waals surface area contributed by atoms with Gasteiger partial charge in [-0.05, 0) is 89.9 Å².